The van der Waals surface area contributed by atoms with Gasteiger partial charge < -0.3 is 20.1 Å². The molecule has 0 aliphatic heterocycles. The first-order valence-electron chi connectivity index (χ1n) is 9.68. The summed E-state index contributed by atoms with van der Waals surface area (Å²) in [6, 6.07) is 27.5. The summed E-state index contributed by atoms with van der Waals surface area (Å²) in [5, 5.41) is 28.8. The van der Waals surface area contributed by atoms with Crippen molar-refractivity contribution in [2.24, 2.45) is 0 Å². The molecule has 0 aliphatic carbocycles. The molecule has 0 saturated heterocycles. The Labute approximate surface area is 186 Å². The molecule has 0 fully saturated rings. The molecule has 0 amide bonds. The zero-order valence-corrected chi connectivity index (χ0v) is 17.8. The molecular weight excluding hydrogens is 432 g/mol. The third-order valence-electron chi connectivity index (χ3n) is 4.73. The summed E-state index contributed by atoms with van der Waals surface area (Å²) in [4.78, 5) is 35.6. The maximum absolute atomic E-state index is 11.6. The van der Waals surface area contributed by atoms with Crippen LogP contribution in [0.3, 0.4) is 0 Å². The molecule has 3 aromatic rings. The highest BCUT2D eigenvalue weighted by atomic mass is 32.3. The van der Waals surface area contributed by atoms with E-state index in [9.17, 15) is 24.6 Å². The normalized spacial score (nSPS) is 13.5. The van der Waals surface area contributed by atoms with E-state index in [1.165, 1.54) is 0 Å². The summed E-state index contributed by atoms with van der Waals surface area (Å²) in [5.74, 6) is -4.06. The molecule has 0 aromatic heterocycles. The maximum atomic E-state index is 11.6. The van der Waals surface area contributed by atoms with Gasteiger partial charge in [-0.15, -0.1) is 0 Å². The lowest BCUT2D eigenvalue weighted by atomic mass is 9.96. The van der Waals surface area contributed by atoms with E-state index in [0.29, 0.717) is 0 Å². The van der Waals surface area contributed by atoms with Gasteiger partial charge in [0.05, 0.1) is 31.4 Å². The number of carbonyl (C=O) groups is 2. The highest BCUT2D eigenvalue weighted by Crippen LogP contribution is 2.69. The minimum atomic E-state index is -2.73. The number of carbonyl (C=O) groups excluding carboxylic acids is 1. The fraction of sp³-hybridized carbons (Fsp3) is 0.125. The molecule has 4 N–H and O–H groups in total. The molecule has 7 nitrogen and oxygen atoms in total. The zero-order valence-electron chi connectivity index (χ0n) is 17.0. The van der Waals surface area contributed by atoms with E-state index in [2.05, 4.69) is 0 Å². The van der Waals surface area contributed by atoms with Crippen molar-refractivity contribution in [3.8, 4) is 0 Å². The Hall–Kier alpha value is -3.62. The van der Waals surface area contributed by atoms with Gasteiger partial charge in [-0.05, 0) is 36.4 Å². The number of benzene rings is 3. The van der Waals surface area contributed by atoms with Crippen molar-refractivity contribution in [2.45, 2.75) is 33.1 Å². The van der Waals surface area contributed by atoms with E-state index < -0.39 is 46.7 Å². The predicted molar refractivity (Wildman–Crippen MR) is 119 cm³/mol. The Balaban J connectivity index is 2.14. The monoisotopic (exact) mass is 455 g/mol. The van der Waals surface area contributed by atoms with Crippen LogP contribution in [0, 0.1) is 0 Å². The van der Waals surface area contributed by atoms with Crippen LogP contribution in [-0.2, 0) is 13.8 Å². The molecular formula is C24H23O7S+. The minimum Gasteiger partial charge on any atom is -0.481 e. The van der Waals surface area contributed by atoms with Gasteiger partial charge in [-0.25, -0.2) is 4.79 Å². The summed E-state index contributed by atoms with van der Waals surface area (Å²) in [6.45, 7) is 0. The summed E-state index contributed by atoms with van der Waals surface area (Å²) >= 11 is 0. The summed E-state index contributed by atoms with van der Waals surface area (Å²) < 4.78 is 6.16. The summed E-state index contributed by atoms with van der Waals surface area (Å²) in [6.07, 6.45) is -2.00. The second-order valence-electron chi connectivity index (χ2n) is 7.06. The zero-order chi connectivity index (χ0) is 23.2. The SMILES string of the molecule is O=C(O)CC(O)(CC(=[OH+])OS(c1ccccc1)(c1ccccc1)c1ccccc1)C(=O)O. The molecule has 0 spiro atoms. The molecule has 1 unspecified atom stereocenters. The van der Waals surface area contributed by atoms with E-state index >= 15 is 0 Å². The number of hydrogen-bond donors (Lipinski definition) is 3. The number of rotatable bonds is 9. The average Bonchev–Trinajstić information content (AvgIpc) is 2.78. The molecule has 166 valence electrons. The number of carboxylic acid groups (broad SMARTS) is 2. The molecule has 32 heavy (non-hydrogen) atoms. The lowest BCUT2D eigenvalue weighted by Gasteiger charge is -2.33. The highest BCUT2D eigenvalue weighted by Gasteiger charge is 2.48. The Kier molecular flexibility index (Phi) is 6.97. The van der Waals surface area contributed by atoms with Gasteiger partial charge in [0.2, 0.25) is 0 Å². The molecule has 8 heteroatoms. The van der Waals surface area contributed by atoms with Crippen molar-refractivity contribution in [1.82, 2.24) is 0 Å². The van der Waals surface area contributed by atoms with E-state index in [-0.39, 0.29) is 0 Å². The highest BCUT2D eigenvalue weighted by molar-refractivity contribution is 8.30. The van der Waals surface area contributed by atoms with Gasteiger partial charge in [-0.2, -0.15) is 0 Å². The van der Waals surface area contributed by atoms with Gasteiger partial charge in [-0.3, -0.25) is 8.98 Å². The maximum Gasteiger partial charge on any atom is 0.499 e. The van der Waals surface area contributed by atoms with Crippen LogP contribution in [0.4, 0.5) is 0 Å². The van der Waals surface area contributed by atoms with Gasteiger partial charge in [-0.1, -0.05) is 54.6 Å². The first-order valence-corrected chi connectivity index (χ1v) is 11.2. The second kappa shape index (κ2) is 9.67. The first-order chi connectivity index (χ1) is 15.3. The number of aliphatic hydroxyl groups is 1. The topological polar surface area (TPSA) is 125 Å². The van der Waals surface area contributed by atoms with Gasteiger partial charge in [0.1, 0.15) is 6.42 Å². The van der Waals surface area contributed by atoms with E-state index in [1.807, 2.05) is 91.0 Å². The third kappa shape index (κ3) is 4.82. The van der Waals surface area contributed by atoms with Crippen LogP contribution < -0.4 is 0 Å². The van der Waals surface area contributed by atoms with Crippen molar-refractivity contribution in [3.63, 3.8) is 0 Å². The fourth-order valence-electron chi connectivity index (χ4n) is 3.28. The molecule has 0 aliphatic rings. The van der Waals surface area contributed by atoms with Crippen LogP contribution in [0.1, 0.15) is 12.8 Å². The number of carboxylic acids is 2. The third-order valence-corrected chi connectivity index (χ3v) is 7.98. The molecule has 0 heterocycles. The largest absolute Gasteiger partial charge is 0.499 e. The summed E-state index contributed by atoms with van der Waals surface area (Å²) in [7, 11) is -2.60. The lowest BCUT2D eigenvalue weighted by molar-refractivity contribution is -0.164. The smallest absolute Gasteiger partial charge is 0.481 e. The van der Waals surface area contributed by atoms with Crippen molar-refractivity contribution in [3.05, 3.63) is 91.0 Å². The lowest BCUT2D eigenvalue weighted by Crippen LogP contribution is -2.43. The quantitative estimate of drug-likeness (QED) is 0.418. The van der Waals surface area contributed by atoms with Gasteiger partial charge >= 0.3 is 17.9 Å². The molecule has 0 bridgehead atoms. The van der Waals surface area contributed by atoms with Crippen molar-refractivity contribution in [1.29, 1.82) is 0 Å². The van der Waals surface area contributed by atoms with E-state index in [0.717, 1.165) is 14.7 Å². The molecule has 3 rings (SSSR count). The molecule has 0 saturated carbocycles. The predicted octanol–water partition coefficient (Wildman–Crippen LogP) is 4.08. The second-order valence-corrected chi connectivity index (χ2v) is 9.75. The van der Waals surface area contributed by atoms with Crippen LogP contribution in [0.15, 0.2) is 106 Å². The van der Waals surface area contributed by atoms with Crippen LogP contribution >= 0.6 is 10.3 Å². The van der Waals surface area contributed by atoms with Crippen LogP contribution in [0.2, 0.25) is 0 Å². The Morgan fingerprint density at radius 1 is 0.750 bits per heavy atom. The standard InChI is InChI=1S/C24H22O7S/c25-21(26)16-24(30,23(28)29)17-22(27)31-32(18-10-4-1-5-11-18,19-12-6-2-7-13-19)20-14-8-3-9-15-20/h1-15,30H,16-17H2,(H,25,26)(H,28,29)/p+1. The van der Waals surface area contributed by atoms with E-state index in [4.69, 9.17) is 9.29 Å². The van der Waals surface area contributed by atoms with E-state index in [1.54, 1.807) is 0 Å². The van der Waals surface area contributed by atoms with Crippen LogP contribution in [0.25, 0.3) is 0 Å². The van der Waals surface area contributed by atoms with Crippen molar-refractivity contribution >= 4 is 28.2 Å². The molecule has 1 atom stereocenters. The van der Waals surface area contributed by atoms with Crippen LogP contribution in [0.5, 0.6) is 0 Å². The number of hydrogen-bond acceptors (Lipinski definition) is 4. The van der Waals surface area contributed by atoms with Crippen molar-refractivity contribution < 1.29 is 33.9 Å². The van der Waals surface area contributed by atoms with Gasteiger partial charge in [0.15, 0.2) is 5.60 Å². The van der Waals surface area contributed by atoms with Gasteiger partial charge in [0.25, 0.3) is 0 Å². The Bertz CT molecular complexity index is 990. The minimum absolute atomic E-state index is 0.723. The van der Waals surface area contributed by atoms with Crippen LogP contribution in [-0.4, -0.2) is 43.6 Å². The van der Waals surface area contributed by atoms with Crippen molar-refractivity contribution in [2.75, 3.05) is 0 Å². The average molecular weight is 456 g/mol. The summed E-state index contributed by atoms with van der Waals surface area (Å²) in [5.41, 5.74) is -2.73. The Morgan fingerprint density at radius 2 is 1.12 bits per heavy atom. The molecule has 0 radical (unpaired) electrons. The van der Waals surface area contributed by atoms with Gasteiger partial charge in [0, 0.05) is 0 Å². The Morgan fingerprint density at radius 3 is 1.44 bits per heavy atom. The number of aliphatic carboxylic acids is 2. The first kappa shape index (κ1) is 23.1. The fourth-order valence-corrected chi connectivity index (χ4v) is 6.35. The molecule has 3 aromatic carbocycles.